The number of piperidine rings is 1. The van der Waals surface area contributed by atoms with Crippen molar-refractivity contribution in [2.24, 2.45) is 16.3 Å². The molecule has 0 aromatic carbocycles. The molecule has 82 valence electrons. The maximum absolute atomic E-state index is 4.28. The van der Waals surface area contributed by atoms with Crippen molar-refractivity contribution in [3.05, 3.63) is 0 Å². The van der Waals surface area contributed by atoms with Gasteiger partial charge in [-0.05, 0) is 37.6 Å². The molecular formula is C12H24N2. The lowest BCUT2D eigenvalue weighted by molar-refractivity contribution is 0.177. The van der Waals surface area contributed by atoms with Gasteiger partial charge in [-0.1, -0.05) is 20.8 Å². The lowest BCUT2D eigenvalue weighted by atomic mass is 9.73. The van der Waals surface area contributed by atoms with E-state index in [0.717, 1.165) is 12.5 Å². The van der Waals surface area contributed by atoms with E-state index in [2.05, 4.69) is 38.0 Å². The molecule has 2 unspecified atom stereocenters. The minimum Gasteiger partial charge on any atom is -0.309 e. The number of hydrogen-bond acceptors (Lipinski definition) is 2. The lowest BCUT2D eigenvalue weighted by Crippen LogP contribution is -2.45. The van der Waals surface area contributed by atoms with Crippen LogP contribution in [0.5, 0.6) is 0 Å². The minimum absolute atomic E-state index is 0.439. The second-order valence-corrected chi connectivity index (χ2v) is 5.46. The highest BCUT2D eigenvalue weighted by Crippen LogP contribution is 2.34. The second kappa shape index (κ2) is 4.43. The van der Waals surface area contributed by atoms with Gasteiger partial charge in [0.15, 0.2) is 0 Å². The molecule has 0 aromatic rings. The molecule has 1 saturated heterocycles. The van der Waals surface area contributed by atoms with Gasteiger partial charge < -0.3 is 5.32 Å². The zero-order chi connectivity index (χ0) is 10.8. The predicted molar refractivity (Wildman–Crippen MR) is 63.0 cm³/mol. The summed E-state index contributed by atoms with van der Waals surface area (Å²) in [7, 11) is 1.89. The maximum Gasteiger partial charge on any atom is 0.0450 e. The van der Waals surface area contributed by atoms with Gasteiger partial charge in [-0.2, -0.15) is 0 Å². The molecule has 0 spiro atoms. The molecule has 0 saturated carbocycles. The van der Waals surface area contributed by atoms with Crippen molar-refractivity contribution in [2.75, 3.05) is 13.6 Å². The Morgan fingerprint density at radius 1 is 1.36 bits per heavy atom. The van der Waals surface area contributed by atoms with Gasteiger partial charge in [0.2, 0.25) is 0 Å². The fourth-order valence-corrected chi connectivity index (χ4v) is 2.18. The molecule has 1 aliphatic rings. The average molecular weight is 196 g/mol. The van der Waals surface area contributed by atoms with Gasteiger partial charge in [-0.15, -0.1) is 0 Å². The molecule has 2 heteroatoms. The van der Waals surface area contributed by atoms with Crippen molar-refractivity contribution in [3.63, 3.8) is 0 Å². The molecule has 1 aliphatic heterocycles. The molecule has 1 rings (SSSR count). The summed E-state index contributed by atoms with van der Waals surface area (Å²) in [5, 5.41) is 3.54. The molecule has 0 amide bonds. The largest absolute Gasteiger partial charge is 0.309 e. The Kier molecular flexibility index (Phi) is 3.71. The second-order valence-electron chi connectivity index (χ2n) is 5.46. The molecule has 1 N–H and O–H groups in total. The van der Waals surface area contributed by atoms with Crippen LogP contribution in [0.25, 0.3) is 0 Å². The van der Waals surface area contributed by atoms with Crippen LogP contribution >= 0.6 is 0 Å². The average Bonchev–Trinajstić information content (AvgIpc) is 2.15. The van der Waals surface area contributed by atoms with Crippen molar-refractivity contribution in [3.8, 4) is 0 Å². The highest BCUT2D eigenvalue weighted by molar-refractivity contribution is 5.87. The topological polar surface area (TPSA) is 24.4 Å². The Morgan fingerprint density at radius 3 is 2.50 bits per heavy atom. The van der Waals surface area contributed by atoms with E-state index >= 15 is 0 Å². The first-order valence-electron chi connectivity index (χ1n) is 5.62. The summed E-state index contributed by atoms with van der Waals surface area (Å²) in [5.41, 5.74) is 1.69. The number of rotatable bonds is 1. The van der Waals surface area contributed by atoms with Crippen molar-refractivity contribution < 1.29 is 0 Å². The maximum atomic E-state index is 4.28. The van der Waals surface area contributed by atoms with Gasteiger partial charge in [0.05, 0.1) is 0 Å². The number of nitrogens with one attached hydrogen (secondary N) is 1. The molecule has 2 nitrogen and oxygen atoms in total. The van der Waals surface area contributed by atoms with Crippen LogP contribution in [0, 0.1) is 11.3 Å². The molecule has 0 aromatic heterocycles. The highest BCUT2D eigenvalue weighted by Gasteiger charge is 2.31. The number of hydrogen-bond donors (Lipinski definition) is 1. The molecule has 0 bridgehead atoms. The fraction of sp³-hybridized carbons (Fsp3) is 0.917. The third-order valence-corrected chi connectivity index (χ3v) is 3.49. The fourth-order valence-electron chi connectivity index (χ4n) is 2.18. The summed E-state index contributed by atoms with van der Waals surface area (Å²) < 4.78 is 0. The smallest absolute Gasteiger partial charge is 0.0450 e. The van der Waals surface area contributed by atoms with Crippen LogP contribution in [-0.2, 0) is 0 Å². The Balaban J connectivity index is 2.61. The third-order valence-electron chi connectivity index (χ3n) is 3.49. The minimum atomic E-state index is 0.439. The molecule has 1 heterocycles. The van der Waals surface area contributed by atoms with E-state index in [0.29, 0.717) is 11.5 Å². The first-order valence-corrected chi connectivity index (χ1v) is 5.62. The van der Waals surface area contributed by atoms with E-state index in [1.807, 2.05) is 7.05 Å². The number of nitrogens with zero attached hydrogens (tertiary/aromatic N) is 1. The van der Waals surface area contributed by atoms with Crippen LogP contribution in [0.4, 0.5) is 0 Å². The van der Waals surface area contributed by atoms with E-state index < -0.39 is 0 Å². The first kappa shape index (κ1) is 11.7. The van der Waals surface area contributed by atoms with E-state index in [1.54, 1.807) is 0 Å². The van der Waals surface area contributed by atoms with Crippen LogP contribution in [0.15, 0.2) is 4.99 Å². The van der Waals surface area contributed by atoms with E-state index in [4.69, 9.17) is 0 Å². The lowest BCUT2D eigenvalue weighted by Gasteiger charge is -2.38. The van der Waals surface area contributed by atoms with Gasteiger partial charge in [0, 0.05) is 18.8 Å². The Morgan fingerprint density at radius 2 is 2.00 bits per heavy atom. The van der Waals surface area contributed by atoms with E-state index in [9.17, 15) is 0 Å². The summed E-state index contributed by atoms with van der Waals surface area (Å²) >= 11 is 0. The van der Waals surface area contributed by atoms with Gasteiger partial charge in [-0.3, -0.25) is 4.99 Å². The predicted octanol–water partition coefficient (Wildman–Crippen LogP) is 2.49. The zero-order valence-corrected chi connectivity index (χ0v) is 10.2. The molecule has 1 fully saturated rings. The quantitative estimate of drug-likeness (QED) is 0.640. The molecule has 0 radical (unpaired) electrons. The summed E-state index contributed by atoms with van der Waals surface area (Å²) in [6.45, 7) is 10.3. The monoisotopic (exact) mass is 196 g/mol. The van der Waals surface area contributed by atoms with Crippen LogP contribution in [0.3, 0.4) is 0 Å². The first-order chi connectivity index (χ1) is 6.45. The zero-order valence-electron chi connectivity index (χ0n) is 10.2. The Bertz CT molecular complexity index is 213. The van der Waals surface area contributed by atoms with Crippen LogP contribution < -0.4 is 5.32 Å². The van der Waals surface area contributed by atoms with Crippen molar-refractivity contribution >= 4 is 5.71 Å². The standard InChI is InChI=1S/C12H24N2/c1-9(13-5)11-8-10(6-7-14-11)12(2,3)4/h10-11,14H,6-8H2,1-5H3. The molecular weight excluding hydrogens is 172 g/mol. The van der Waals surface area contributed by atoms with Gasteiger partial charge in [0.25, 0.3) is 0 Å². The molecule has 14 heavy (non-hydrogen) atoms. The Hall–Kier alpha value is -0.370. The van der Waals surface area contributed by atoms with E-state index in [1.165, 1.54) is 18.6 Å². The van der Waals surface area contributed by atoms with Crippen molar-refractivity contribution in [1.82, 2.24) is 5.32 Å². The van der Waals surface area contributed by atoms with Gasteiger partial charge in [-0.25, -0.2) is 0 Å². The summed E-state index contributed by atoms with van der Waals surface area (Å²) in [5.74, 6) is 0.824. The molecule has 0 aliphatic carbocycles. The third kappa shape index (κ3) is 2.81. The van der Waals surface area contributed by atoms with Gasteiger partial charge in [0.1, 0.15) is 0 Å². The Labute approximate surface area is 88.2 Å². The molecule has 2 atom stereocenters. The SMILES string of the molecule is CN=C(C)C1CC(C(C)(C)C)CCN1. The summed E-state index contributed by atoms with van der Waals surface area (Å²) in [4.78, 5) is 4.28. The summed E-state index contributed by atoms with van der Waals surface area (Å²) in [6.07, 6.45) is 2.55. The van der Waals surface area contributed by atoms with Gasteiger partial charge >= 0.3 is 0 Å². The van der Waals surface area contributed by atoms with Crippen LogP contribution in [0.2, 0.25) is 0 Å². The van der Waals surface area contributed by atoms with Crippen LogP contribution in [0.1, 0.15) is 40.5 Å². The van der Waals surface area contributed by atoms with Crippen molar-refractivity contribution in [2.45, 2.75) is 46.6 Å². The summed E-state index contributed by atoms with van der Waals surface area (Å²) in [6, 6.07) is 0.512. The highest BCUT2D eigenvalue weighted by atomic mass is 14.9. The number of aliphatic imine (C=N–C) groups is 1. The van der Waals surface area contributed by atoms with Crippen LogP contribution in [-0.4, -0.2) is 25.3 Å². The normalized spacial score (nSPS) is 30.5. The van der Waals surface area contributed by atoms with E-state index in [-0.39, 0.29) is 0 Å². The van der Waals surface area contributed by atoms with Crippen molar-refractivity contribution in [1.29, 1.82) is 0 Å².